The van der Waals surface area contributed by atoms with E-state index in [0.29, 0.717) is 13.0 Å². The number of carboxylic acids is 1. The number of rotatable bonds is 3. The molecular weight excluding hydrogens is 268 g/mol. The van der Waals surface area contributed by atoms with E-state index in [-0.39, 0.29) is 0 Å². The van der Waals surface area contributed by atoms with Crippen LogP contribution in [0.4, 0.5) is 0 Å². The molecule has 3 rings (SSSR count). The molecule has 0 amide bonds. The number of hydrogen-bond donors (Lipinski definition) is 1. The maximum atomic E-state index is 11.4. The van der Waals surface area contributed by atoms with Crippen molar-refractivity contribution >= 4 is 5.97 Å². The van der Waals surface area contributed by atoms with E-state index >= 15 is 0 Å². The molecular formula is C16H18N2O3. The normalized spacial score (nSPS) is 21.6. The van der Waals surface area contributed by atoms with Gasteiger partial charge < -0.3 is 9.84 Å². The molecule has 21 heavy (non-hydrogen) atoms. The van der Waals surface area contributed by atoms with E-state index in [0.717, 1.165) is 22.6 Å². The number of aryl methyl sites for hydroxylation is 1. The molecule has 0 radical (unpaired) electrons. The number of nitrogens with zero attached hydrogens (tertiary/aromatic N) is 2. The first-order valence-corrected chi connectivity index (χ1v) is 7.05. The summed E-state index contributed by atoms with van der Waals surface area (Å²) in [7, 11) is 0. The minimum atomic E-state index is -0.802. The Hall–Kier alpha value is -2.14. The van der Waals surface area contributed by atoms with E-state index in [4.69, 9.17) is 4.74 Å². The molecule has 0 aliphatic carbocycles. The van der Waals surface area contributed by atoms with Gasteiger partial charge in [0.1, 0.15) is 0 Å². The van der Waals surface area contributed by atoms with Gasteiger partial charge in [-0.05, 0) is 32.4 Å². The second-order valence-electron chi connectivity index (χ2n) is 5.36. The first kappa shape index (κ1) is 13.8. The molecule has 2 atom stereocenters. The summed E-state index contributed by atoms with van der Waals surface area (Å²) in [5.41, 5.74) is 3.64. The predicted molar refractivity (Wildman–Crippen MR) is 77.5 cm³/mol. The van der Waals surface area contributed by atoms with Crippen LogP contribution in [0.25, 0.3) is 5.69 Å². The van der Waals surface area contributed by atoms with Crippen molar-refractivity contribution in [3.63, 3.8) is 0 Å². The van der Waals surface area contributed by atoms with Crippen molar-refractivity contribution in [1.29, 1.82) is 0 Å². The van der Waals surface area contributed by atoms with Gasteiger partial charge in [-0.25, -0.2) is 4.68 Å². The number of carboxylic acid groups (broad SMARTS) is 1. The first-order valence-electron chi connectivity index (χ1n) is 7.05. The van der Waals surface area contributed by atoms with E-state index in [9.17, 15) is 9.90 Å². The van der Waals surface area contributed by atoms with E-state index in [1.165, 1.54) is 0 Å². The number of aliphatic carboxylic acids is 1. The minimum absolute atomic E-state index is 0.403. The molecule has 1 aromatic carbocycles. The van der Waals surface area contributed by atoms with Gasteiger partial charge in [0, 0.05) is 17.9 Å². The van der Waals surface area contributed by atoms with Crippen LogP contribution in [0, 0.1) is 19.8 Å². The second kappa shape index (κ2) is 5.33. The highest BCUT2D eigenvalue weighted by Gasteiger charge is 2.38. The van der Waals surface area contributed by atoms with Crippen LogP contribution in [-0.4, -0.2) is 27.5 Å². The van der Waals surface area contributed by atoms with Gasteiger partial charge in [-0.2, -0.15) is 5.10 Å². The zero-order valence-corrected chi connectivity index (χ0v) is 12.1. The van der Waals surface area contributed by atoms with E-state index in [1.54, 1.807) is 0 Å². The molecule has 5 heteroatoms. The molecule has 1 saturated heterocycles. The standard InChI is InChI=1S/C16H18N2O3/c1-10-14(15-13(16(19)20)8-9-21-15)11(2)18(17-10)12-6-4-3-5-7-12/h3-7,13,15H,8-9H2,1-2H3,(H,19,20)/t13-,15-/m0/s1. The molecule has 2 aromatic rings. The molecule has 0 bridgehead atoms. The van der Waals surface area contributed by atoms with E-state index < -0.39 is 18.0 Å². The average molecular weight is 286 g/mol. The van der Waals surface area contributed by atoms with Crippen LogP contribution in [0.2, 0.25) is 0 Å². The number of hydrogen-bond acceptors (Lipinski definition) is 3. The minimum Gasteiger partial charge on any atom is -0.481 e. The molecule has 1 aliphatic heterocycles. The summed E-state index contributed by atoms with van der Waals surface area (Å²) in [5, 5.41) is 13.9. The molecule has 0 unspecified atom stereocenters. The van der Waals surface area contributed by atoms with E-state index in [2.05, 4.69) is 5.10 Å². The second-order valence-corrected chi connectivity index (χ2v) is 5.36. The van der Waals surface area contributed by atoms with Gasteiger partial charge in [0.25, 0.3) is 0 Å². The monoisotopic (exact) mass is 286 g/mol. The lowest BCUT2D eigenvalue weighted by molar-refractivity contribution is -0.143. The van der Waals surface area contributed by atoms with Crippen molar-refractivity contribution in [3.05, 3.63) is 47.3 Å². The lowest BCUT2D eigenvalue weighted by Gasteiger charge is -2.16. The van der Waals surface area contributed by atoms with Gasteiger partial charge in [0.2, 0.25) is 0 Å². The Bertz CT molecular complexity index is 664. The Labute approximate surface area is 123 Å². The lowest BCUT2D eigenvalue weighted by atomic mass is 9.94. The Morgan fingerprint density at radius 2 is 2.05 bits per heavy atom. The molecule has 1 aliphatic rings. The lowest BCUT2D eigenvalue weighted by Crippen LogP contribution is -2.18. The number of benzene rings is 1. The van der Waals surface area contributed by atoms with Gasteiger partial charge in [0.05, 0.1) is 23.4 Å². The summed E-state index contributed by atoms with van der Waals surface area (Å²) in [6.07, 6.45) is 0.148. The van der Waals surface area contributed by atoms with Crippen LogP contribution >= 0.6 is 0 Å². The predicted octanol–water partition coefficient (Wildman–Crippen LogP) is 2.65. The Kier molecular flexibility index (Phi) is 3.51. The summed E-state index contributed by atoms with van der Waals surface area (Å²) in [6, 6.07) is 9.83. The van der Waals surface area contributed by atoms with Crippen molar-refractivity contribution < 1.29 is 14.6 Å². The number of aromatic nitrogens is 2. The zero-order valence-electron chi connectivity index (χ0n) is 12.1. The van der Waals surface area contributed by atoms with E-state index in [1.807, 2.05) is 48.9 Å². The van der Waals surface area contributed by atoms with Crippen LogP contribution < -0.4 is 0 Å². The van der Waals surface area contributed by atoms with Crippen molar-refractivity contribution in [2.24, 2.45) is 5.92 Å². The molecule has 0 spiro atoms. The number of ether oxygens (including phenoxy) is 1. The third kappa shape index (κ3) is 2.34. The zero-order chi connectivity index (χ0) is 15.0. The molecule has 110 valence electrons. The van der Waals surface area contributed by atoms with Crippen molar-refractivity contribution in [2.75, 3.05) is 6.61 Å². The smallest absolute Gasteiger partial charge is 0.309 e. The Morgan fingerprint density at radius 1 is 1.33 bits per heavy atom. The SMILES string of the molecule is Cc1nn(-c2ccccc2)c(C)c1[C@H]1OCC[C@@H]1C(=O)O. The maximum absolute atomic E-state index is 11.4. The maximum Gasteiger partial charge on any atom is 0.309 e. The van der Waals surface area contributed by atoms with Crippen LogP contribution in [0.15, 0.2) is 30.3 Å². The summed E-state index contributed by atoms with van der Waals surface area (Å²) in [4.78, 5) is 11.4. The van der Waals surface area contributed by atoms with Crippen molar-refractivity contribution in [3.8, 4) is 5.69 Å². The van der Waals surface area contributed by atoms with Gasteiger partial charge >= 0.3 is 5.97 Å². The van der Waals surface area contributed by atoms with Crippen molar-refractivity contribution in [2.45, 2.75) is 26.4 Å². The van der Waals surface area contributed by atoms with Crippen LogP contribution in [0.1, 0.15) is 29.5 Å². The molecule has 2 heterocycles. The first-order chi connectivity index (χ1) is 10.1. The van der Waals surface area contributed by atoms with Crippen molar-refractivity contribution in [1.82, 2.24) is 9.78 Å². The van der Waals surface area contributed by atoms with Gasteiger partial charge in [-0.15, -0.1) is 0 Å². The average Bonchev–Trinajstić information content (AvgIpc) is 3.04. The summed E-state index contributed by atoms with van der Waals surface area (Å²) >= 11 is 0. The fourth-order valence-electron chi connectivity index (χ4n) is 3.01. The summed E-state index contributed by atoms with van der Waals surface area (Å²) in [6.45, 7) is 4.35. The molecule has 0 saturated carbocycles. The quantitative estimate of drug-likeness (QED) is 0.942. The highest BCUT2D eigenvalue weighted by atomic mass is 16.5. The Morgan fingerprint density at radius 3 is 2.71 bits per heavy atom. The number of carbonyl (C=O) groups is 1. The van der Waals surface area contributed by atoms with Gasteiger partial charge in [0.15, 0.2) is 0 Å². The third-order valence-corrected chi connectivity index (χ3v) is 4.04. The third-order valence-electron chi connectivity index (χ3n) is 4.04. The summed E-state index contributed by atoms with van der Waals surface area (Å²) < 4.78 is 7.54. The van der Waals surface area contributed by atoms with Gasteiger partial charge in [-0.1, -0.05) is 18.2 Å². The van der Waals surface area contributed by atoms with Crippen LogP contribution in [-0.2, 0) is 9.53 Å². The molecule has 5 nitrogen and oxygen atoms in total. The topological polar surface area (TPSA) is 64.4 Å². The fraction of sp³-hybridized carbons (Fsp3) is 0.375. The van der Waals surface area contributed by atoms with Gasteiger partial charge in [-0.3, -0.25) is 4.79 Å². The fourth-order valence-corrected chi connectivity index (χ4v) is 3.01. The Balaban J connectivity index is 2.05. The number of para-hydroxylation sites is 1. The highest BCUT2D eigenvalue weighted by molar-refractivity contribution is 5.71. The largest absolute Gasteiger partial charge is 0.481 e. The molecule has 1 fully saturated rings. The molecule has 1 N–H and O–H groups in total. The van der Waals surface area contributed by atoms with Crippen LogP contribution in [0.5, 0.6) is 0 Å². The molecule has 1 aromatic heterocycles. The highest BCUT2D eigenvalue weighted by Crippen LogP contribution is 2.38. The summed E-state index contributed by atoms with van der Waals surface area (Å²) in [5.74, 6) is -1.29. The van der Waals surface area contributed by atoms with Crippen LogP contribution in [0.3, 0.4) is 0 Å².